The first-order valence-electron chi connectivity index (χ1n) is 3.10. The molecule has 0 saturated heterocycles. The third-order valence-electron chi connectivity index (χ3n) is 1.51. The number of methoxy groups -OCH3 is 1. The van der Waals surface area contributed by atoms with Crippen LogP contribution in [0.5, 0.6) is 5.88 Å². The molecule has 0 aliphatic heterocycles. The van der Waals surface area contributed by atoms with Gasteiger partial charge in [0.2, 0.25) is 5.88 Å². The van der Waals surface area contributed by atoms with Gasteiger partial charge in [0, 0.05) is 13.1 Å². The van der Waals surface area contributed by atoms with E-state index in [4.69, 9.17) is 15.7 Å². The topological polar surface area (TPSA) is 64.0 Å². The normalized spacial score (nSPS) is 9.18. The van der Waals surface area contributed by atoms with Crippen LogP contribution < -0.4 is 10.5 Å². The van der Waals surface area contributed by atoms with Crippen molar-refractivity contribution in [1.82, 2.24) is 4.57 Å². The van der Waals surface area contributed by atoms with Crippen molar-refractivity contribution >= 4 is 5.69 Å². The van der Waals surface area contributed by atoms with Crippen LogP contribution in [0.25, 0.3) is 0 Å². The van der Waals surface area contributed by atoms with E-state index in [1.807, 2.05) is 6.07 Å². The summed E-state index contributed by atoms with van der Waals surface area (Å²) < 4.78 is 6.55. The zero-order chi connectivity index (χ0) is 8.43. The smallest absolute Gasteiger partial charge is 0.217 e. The van der Waals surface area contributed by atoms with E-state index in [0.717, 1.165) is 0 Å². The maximum atomic E-state index is 8.57. The molecule has 0 aromatic carbocycles. The Labute approximate surface area is 64.8 Å². The molecule has 0 amide bonds. The Morgan fingerprint density at radius 1 is 1.73 bits per heavy atom. The number of hydrogen-bond donors (Lipinski definition) is 1. The Kier molecular flexibility index (Phi) is 1.73. The van der Waals surface area contributed by atoms with Gasteiger partial charge in [0.1, 0.15) is 11.8 Å². The highest BCUT2D eigenvalue weighted by atomic mass is 16.5. The van der Waals surface area contributed by atoms with E-state index in [2.05, 4.69) is 0 Å². The average molecular weight is 151 g/mol. The highest BCUT2D eigenvalue weighted by Crippen LogP contribution is 2.23. The molecule has 4 heteroatoms. The fourth-order valence-corrected chi connectivity index (χ4v) is 0.971. The van der Waals surface area contributed by atoms with Crippen LogP contribution in [0.3, 0.4) is 0 Å². The van der Waals surface area contributed by atoms with Gasteiger partial charge in [-0.05, 0) is 0 Å². The van der Waals surface area contributed by atoms with Crippen LogP contribution in [0, 0.1) is 11.3 Å². The molecule has 1 heterocycles. The largest absolute Gasteiger partial charge is 0.481 e. The summed E-state index contributed by atoms with van der Waals surface area (Å²) in [5.74, 6) is 0.529. The summed E-state index contributed by atoms with van der Waals surface area (Å²) >= 11 is 0. The molecular formula is C7H9N3O. The zero-order valence-corrected chi connectivity index (χ0v) is 6.46. The average Bonchev–Trinajstić information content (AvgIpc) is 2.26. The van der Waals surface area contributed by atoms with E-state index in [9.17, 15) is 0 Å². The quantitative estimate of drug-likeness (QED) is 0.635. The van der Waals surface area contributed by atoms with Crippen molar-refractivity contribution in [2.45, 2.75) is 0 Å². The minimum Gasteiger partial charge on any atom is -0.481 e. The van der Waals surface area contributed by atoms with Crippen LogP contribution in [0.1, 0.15) is 5.69 Å². The summed E-state index contributed by atoms with van der Waals surface area (Å²) in [6, 6.07) is 3.58. The Morgan fingerprint density at radius 3 is 2.64 bits per heavy atom. The van der Waals surface area contributed by atoms with Crippen LogP contribution in [-0.4, -0.2) is 11.7 Å². The summed E-state index contributed by atoms with van der Waals surface area (Å²) in [5, 5.41) is 8.57. The maximum absolute atomic E-state index is 8.57. The predicted octanol–water partition coefficient (Wildman–Crippen LogP) is 0.488. The molecule has 0 bridgehead atoms. The van der Waals surface area contributed by atoms with Crippen molar-refractivity contribution in [3.8, 4) is 11.9 Å². The number of aromatic nitrogens is 1. The van der Waals surface area contributed by atoms with Gasteiger partial charge in [0.25, 0.3) is 0 Å². The number of ether oxygens (including phenoxy) is 1. The molecule has 4 nitrogen and oxygen atoms in total. The van der Waals surface area contributed by atoms with E-state index in [1.54, 1.807) is 17.7 Å². The van der Waals surface area contributed by atoms with Crippen molar-refractivity contribution < 1.29 is 4.74 Å². The van der Waals surface area contributed by atoms with E-state index in [-0.39, 0.29) is 0 Å². The van der Waals surface area contributed by atoms with Gasteiger partial charge in [0.15, 0.2) is 0 Å². The van der Waals surface area contributed by atoms with Gasteiger partial charge in [-0.15, -0.1) is 0 Å². The standard InChI is InChI=1S/C7H9N3O/c1-10-5(4-8)3-6(9)7(10)11-2/h3H,9H2,1-2H3. The summed E-state index contributed by atoms with van der Waals surface area (Å²) in [7, 11) is 3.25. The molecule has 1 rings (SSSR count). The minimum absolute atomic E-state index is 0.492. The lowest BCUT2D eigenvalue weighted by molar-refractivity contribution is 0.384. The highest BCUT2D eigenvalue weighted by Gasteiger charge is 2.08. The Morgan fingerprint density at radius 2 is 2.36 bits per heavy atom. The second kappa shape index (κ2) is 2.54. The number of hydrogen-bond acceptors (Lipinski definition) is 3. The Hall–Kier alpha value is -1.63. The van der Waals surface area contributed by atoms with Crippen LogP contribution in [0.15, 0.2) is 6.07 Å². The van der Waals surface area contributed by atoms with Crippen molar-refractivity contribution in [2.24, 2.45) is 7.05 Å². The number of nitriles is 1. The molecule has 0 aliphatic rings. The van der Waals surface area contributed by atoms with Gasteiger partial charge in [-0.25, -0.2) is 0 Å². The molecule has 1 aromatic rings. The first kappa shape index (κ1) is 7.48. The molecule has 0 spiro atoms. The molecule has 0 fully saturated rings. The van der Waals surface area contributed by atoms with Gasteiger partial charge in [-0.2, -0.15) is 5.26 Å². The fraction of sp³-hybridized carbons (Fsp3) is 0.286. The lowest BCUT2D eigenvalue weighted by Gasteiger charge is -2.01. The molecule has 0 aliphatic carbocycles. The number of nitrogen functional groups attached to an aromatic ring is 1. The SMILES string of the molecule is COc1c(N)cc(C#N)n1C. The van der Waals surface area contributed by atoms with E-state index < -0.39 is 0 Å². The first-order chi connectivity index (χ1) is 5.20. The summed E-state index contributed by atoms with van der Waals surface area (Å²) in [4.78, 5) is 0. The number of nitrogens with zero attached hydrogens (tertiary/aromatic N) is 2. The summed E-state index contributed by atoms with van der Waals surface area (Å²) in [5.41, 5.74) is 6.52. The highest BCUT2D eigenvalue weighted by molar-refractivity contribution is 5.54. The summed E-state index contributed by atoms with van der Waals surface area (Å²) in [6.45, 7) is 0. The van der Waals surface area contributed by atoms with Crippen molar-refractivity contribution in [3.05, 3.63) is 11.8 Å². The van der Waals surface area contributed by atoms with Crippen molar-refractivity contribution in [1.29, 1.82) is 5.26 Å². The van der Waals surface area contributed by atoms with Gasteiger partial charge in [-0.3, -0.25) is 0 Å². The number of rotatable bonds is 1. The second-order valence-electron chi connectivity index (χ2n) is 2.17. The van der Waals surface area contributed by atoms with Crippen molar-refractivity contribution in [2.75, 3.05) is 12.8 Å². The van der Waals surface area contributed by atoms with Gasteiger partial charge in [0.05, 0.1) is 12.8 Å². The molecule has 2 N–H and O–H groups in total. The Balaban J connectivity index is 3.28. The molecule has 0 atom stereocenters. The van der Waals surface area contributed by atoms with Crippen LogP contribution >= 0.6 is 0 Å². The third-order valence-corrected chi connectivity index (χ3v) is 1.51. The molecule has 0 unspecified atom stereocenters. The monoisotopic (exact) mass is 151 g/mol. The van der Waals surface area contributed by atoms with E-state index in [0.29, 0.717) is 17.3 Å². The Bertz CT molecular complexity index is 308. The molecule has 1 aromatic heterocycles. The maximum Gasteiger partial charge on any atom is 0.217 e. The first-order valence-corrected chi connectivity index (χ1v) is 3.10. The predicted molar refractivity (Wildman–Crippen MR) is 41.1 cm³/mol. The summed E-state index contributed by atoms with van der Waals surface area (Å²) in [6.07, 6.45) is 0. The van der Waals surface area contributed by atoms with Crippen LogP contribution in [-0.2, 0) is 7.05 Å². The molecule has 11 heavy (non-hydrogen) atoms. The van der Waals surface area contributed by atoms with Gasteiger partial charge in [-0.1, -0.05) is 0 Å². The second-order valence-corrected chi connectivity index (χ2v) is 2.17. The van der Waals surface area contributed by atoms with Crippen molar-refractivity contribution in [3.63, 3.8) is 0 Å². The van der Waals surface area contributed by atoms with Crippen LogP contribution in [0.2, 0.25) is 0 Å². The zero-order valence-electron chi connectivity index (χ0n) is 6.46. The van der Waals surface area contributed by atoms with E-state index >= 15 is 0 Å². The van der Waals surface area contributed by atoms with Gasteiger partial charge < -0.3 is 15.0 Å². The number of anilines is 1. The lowest BCUT2D eigenvalue weighted by Crippen LogP contribution is -1.97. The van der Waals surface area contributed by atoms with E-state index in [1.165, 1.54) is 7.11 Å². The molecule has 0 radical (unpaired) electrons. The lowest BCUT2D eigenvalue weighted by atomic mass is 10.4. The minimum atomic E-state index is 0.492. The molecular weight excluding hydrogens is 142 g/mol. The number of nitrogens with two attached hydrogens (primary N) is 1. The fourth-order valence-electron chi connectivity index (χ4n) is 0.971. The molecule has 58 valence electrons. The van der Waals surface area contributed by atoms with Crippen LogP contribution in [0.4, 0.5) is 5.69 Å². The third kappa shape index (κ3) is 1.01. The van der Waals surface area contributed by atoms with Gasteiger partial charge >= 0.3 is 0 Å². The molecule has 0 saturated carbocycles.